The third kappa shape index (κ3) is 3.67. The number of hydrogen-bond acceptors (Lipinski definition) is 3. The van der Waals surface area contributed by atoms with E-state index in [9.17, 15) is 0 Å². The molecule has 1 aliphatic carbocycles. The number of piperazine rings is 1. The number of nitrogens with zero attached hydrogens (tertiary/aromatic N) is 2. The van der Waals surface area contributed by atoms with E-state index in [1.165, 1.54) is 65.0 Å². The Kier molecular flexibility index (Phi) is 5.26. The SMILES string of the molecule is CCCN1CCN(CC2CCCC2CN)CC1. The van der Waals surface area contributed by atoms with Crippen molar-refractivity contribution in [2.75, 3.05) is 45.8 Å². The highest BCUT2D eigenvalue weighted by Crippen LogP contribution is 2.31. The first-order chi connectivity index (χ1) is 8.33. The largest absolute Gasteiger partial charge is 0.330 e. The summed E-state index contributed by atoms with van der Waals surface area (Å²) >= 11 is 0. The van der Waals surface area contributed by atoms with Crippen molar-refractivity contribution in [3.8, 4) is 0 Å². The highest BCUT2D eigenvalue weighted by atomic mass is 15.3. The molecule has 0 aromatic heterocycles. The maximum absolute atomic E-state index is 5.86. The fraction of sp³-hybridized carbons (Fsp3) is 1.00. The van der Waals surface area contributed by atoms with Crippen LogP contribution in [0.2, 0.25) is 0 Å². The minimum atomic E-state index is 0.809. The maximum Gasteiger partial charge on any atom is 0.0110 e. The second kappa shape index (κ2) is 6.72. The second-order valence-electron chi connectivity index (χ2n) is 5.83. The summed E-state index contributed by atoms with van der Waals surface area (Å²) in [5.41, 5.74) is 5.86. The van der Waals surface area contributed by atoms with E-state index in [1.54, 1.807) is 0 Å². The van der Waals surface area contributed by atoms with E-state index in [0.717, 1.165) is 18.4 Å². The van der Waals surface area contributed by atoms with Crippen LogP contribution < -0.4 is 5.73 Å². The Labute approximate surface area is 106 Å². The van der Waals surface area contributed by atoms with Crippen LogP contribution in [-0.4, -0.2) is 55.6 Å². The Balaban J connectivity index is 1.70. The molecular formula is C14H29N3. The molecule has 0 spiro atoms. The van der Waals surface area contributed by atoms with Gasteiger partial charge in [0.15, 0.2) is 0 Å². The quantitative estimate of drug-likeness (QED) is 0.787. The van der Waals surface area contributed by atoms with Crippen molar-refractivity contribution < 1.29 is 0 Å². The third-order valence-corrected chi connectivity index (χ3v) is 4.62. The van der Waals surface area contributed by atoms with Gasteiger partial charge in [0.05, 0.1) is 0 Å². The molecule has 1 aliphatic heterocycles. The first-order valence-electron chi connectivity index (χ1n) is 7.48. The maximum atomic E-state index is 5.86. The van der Waals surface area contributed by atoms with E-state index in [2.05, 4.69) is 16.7 Å². The van der Waals surface area contributed by atoms with Gasteiger partial charge in [-0.2, -0.15) is 0 Å². The zero-order valence-corrected chi connectivity index (χ0v) is 11.4. The van der Waals surface area contributed by atoms with Crippen molar-refractivity contribution in [1.29, 1.82) is 0 Å². The van der Waals surface area contributed by atoms with E-state index in [1.807, 2.05) is 0 Å². The highest BCUT2D eigenvalue weighted by Gasteiger charge is 2.28. The van der Waals surface area contributed by atoms with E-state index in [-0.39, 0.29) is 0 Å². The normalized spacial score (nSPS) is 32.1. The third-order valence-electron chi connectivity index (χ3n) is 4.62. The molecule has 2 N–H and O–H groups in total. The smallest absolute Gasteiger partial charge is 0.0110 e. The summed E-state index contributed by atoms with van der Waals surface area (Å²) in [6.07, 6.45) is 5.48. The molecular weight excluding hydrogens is 210 g/mol. The van der Waals surface area contributed by atoms with Gasteiger partial charge in [-0.25, -0.2) is 0 Å². The predicted molar refractivity (Wildman–Crippen MR) is 73.1 cm³/mol. The molecule has 1 saturated heterocycles. The first kappa shape index (κ1) is 13.3. The number of rotatable bonds is 5. The minimum Gasteiger partial charge on any atom is -0.330 e. The molecule has 3 heteroatoms. The summed E-state index contributed by atoms with van der Waals surface area (Å²) in [4.78, 5) is 5.27. The van der Waals surface area contributed by atoms with Crippen LogP contribution in [0.1, 0.15) is 32.6 Å². The van der Waals surface area contributed by atoms with Crippen LogP contribution in [0.3, 0.4) is 0 Å². The Morgan fingerprint density at radius 2 is 1.65 bits per heavy atom. The van der Waals surface area contributed by atoms with Crippen LogP contribution in [-0.2, 0) is 0 Å². The zero-order valence-electron chi connectivity index (χ0n) is 11.4. The lowest BCUT2D eigenvalue weighted by atomic mass is 9.95. The number of nitrogens with two attached hydrogens (primary N) is 1. The van der Waals surface area contributed by atoms with Crippen LogP contribution in [0.4, 0.5) is 0 Å². The average molecular weight is 239 g/mol. The Hall–Kier alpha value is -0.120. The zero-order chi connectivity index (χ0) is 12.1. The Bertz CT molecular complexity index is 212. The van der Waals surface area contributed by atoms with Crippen molar-refractivity contribution in [3.05, 3.63) is 0 Å². The lowest BCUT2D eigenvalue weighted by Gasteiger charge is -2.36. The molecule has 2 rings (SSSR count). The summed E-state index contributed by atoms with van der Waals surface area (Å²) < 4.78 is 0. The van der Waals surface area contributed by atoms with E-state index >= 15 is 0 Å². The van der Waals surface area contributed by atoms with E-state index in [4.69, 9.17) is 5.73 Å². The highest BCUT2D eigenvalue weighted by molar-refractivity contribution is 4.82. The molecule has 2 atom stereocenters. The predicted octanol–water partition coefficient (Wildman–Crippen LogP) is 1.39. The molecule has 0 aromatic carbocycles. The van der Waals surface area contributed by atoms with E-state index in [0.29, 0.717) is 0 Å². The topological polar surface area (TPSA) is 32.5 Å². The van der Waals surface area contributed by atoms with Crippen molar-refractivity contribution in [2.45, 2.75) is 32.6 Å². The molecule has 0 aromatic rings. The molecule has 100 valence electrons. The van der Waals surface area contributed by atoms with Crippen molar-refractivity contribution in [1.82, 2.24) is 9.80 Å². The molecule has 0 bridgehead atoms. The molecule has 1 saturated carbocycles. The minimum absolute atomic E-state index is 0.809. The lowest BCUT2D eigenvalue weighted by Crippen LogP contribution is -2.48. The van der Waals surface area contributed by atoms with Gasteiger partial charge in [0.2, 0.25) is 0 Å². The summed E-state index contributed by atoms with van der Waals surface area (Å²) in [7, 11) is 0. The summed E-state index contributed by atoms with van der Waals surface area (Å²) in [6.45, 7) is 10.9. The summed E-state index contributed by atoms with van der Waals surface area (Å²) in [5, 5.41) is 0. The monoisotopic (exact) mass is 239 g/mol. The van der Waals surface area contributed by atoms with Gasteiger partial charge in [-0.05, 0) is 44.2 Å². The standard InChI is InChI=1S/C14H29N3/c1-2-6-16-7-9-17(10-8-16)12-14-5-3-4-13(14)11-15/h13-14H,2-12,15H2,1H3. The second-order valence-corrected chi connectivity index (χ2v) is 5.83. The fourth-order valence-electron chi connectivity index (χ4n) is 3.51. The molecule has 2 fully saturated rings. The van der Waals surface area contributed by atoms with Crippen molar-refractivity contribution >= 4 is 0 Å². The fourth-order valence-corrected chi connectivity index (χ4v) is 3.51. The number of hydrogen-bond donors (Lipinski definition) is 1. The average Bonchev–Trinajstić information content (AvgIpc) is 2.79. The van der Waals surface area contributed by atoms with Crippen LogP contribution in [0.25, 0.3) is 0 Å². The van der Waals surface area contributed by atoms with Gasteiger partial charge < -0.3 is 15.5 Å². The molecule has 3 nitrogen and oxygen atoms in total. The molecule has 1 heterocycles. The molecule has 2 aliphatic rings. The van der Waals surface area contributed by atoms with Crippen LogP contribution in [0.5, 0.6) is 0 Å². The molecule has 2 unspecified atom stereocenters. The molecule has 0 radical (unpaired) electrons. The Morgan fingerprint density at radius 1 is 1.00 bits per heavy atom. The van der Waals surface area contributed by atoms with Gasteiger partial charge >= 0.3 is 0 Å². The van der Waals surface area contributed by atoms with Crippen LogP contribution in [0.15, 0.2) is 0 Å². The van der Waals surface area contributed by atoms with Gasteiger partial charge in [-0.1, -0.05) is 13.3 Å². The van der Waals surface area contributed by atoms with E-state index < -0.39 is 0 Å². The van der Waals surface area contributed by atoms with Crippen molar-refractivity contribution in [3.63, 3.8) is 0 Å². The molecule has 17 heavy (non-hydrogen) atoms. The summed E-state index contributed by atoms with van der Waals surface area (Å²) in [6, 6.07) is 0. The van der Waals surface area contributed by atoms with Crippen LogP contribution in [0, 0.1) is 11.8 Å². The molecule has 0 amide bonds. The lowest BCUT2D eigenvalue weighted by molar-refractivity contribution is 0.111. The van der Waals surface area contributed by atoms with Gasteiger partial charge in [-0.3, -0.25) is 0 Å². The van der Waals surface area contributed by atoms with Gasteiger partial charge in [0, 0.05) is 32.7 Å². The Morgan fingerprint density at radius 3 is 2.29 bits per heavy atom. The summed E-state index contributed by atoms with van der Waals surface area (Å²) in [5.74, 6) is 1.70. The van der Waals surface area contributed by atoms with Crippen LogP contribution >= 0.6 is 0 Å². The van der Waals surface area contributed by atoms with Gasteiger partial charge in [0.1, 0.15) is 0 Å². The van der Waals surface area contributed by atoms with Gasteiger partial charge in [-0.15, -0.1) is 0 Å². The van der Waals surface area contributed by atoms with Gasteiger partial charge in [0.25, 0.3) is 0 Å². The van der Waals surface area contributed by atoms with Crippen molar-refractivity contribution in [2.24, 2.45) is 17.6 Å². The first-order valence-corrected chi connectivity index (χ1v) is 7.48.